The summed E-state index contributed by atoms with van der Waals surface area (Å²) in [5.74, 6) is -3.55. The molecule has 21 heavy (non-hydrogen) atoms. The van der Waals surface area contributed by atoms with Gasteiger partial charge in [-0.15, -0.1) is 0 Å². The van der Waals surface area contributed by atoms with Gasteiger partial charge in [0.05, 0.1) is 11.6 Å². The standard InChI is InChI=1S/C13H18NO6P/c1-9(10-3-2-6-14-7-10)21(19,20)8-11(13(17)18)4-5-12(15)16/h2-3,6-7,9,11H,4-5,8H2,1H3,(H,15,16)(H,17,18)(H,19,20). The first-order chi connectivity index (χ1) is 9.74. The van der Waals surface area contributed by atoms with Gasteiger partial charge in [-0.2, -0.15) is 0 Å². The minimum absolute atomic E-state index is 0.172. The van der Waals surface area contributed by atoms with Crippen LogP contribution < -0.4 is 0 Å². The van der Waals surface area contributed by atoms with Gasteiger partial charge < -0.3 is 15.1 Å². The van der Waals surface area contributed by atoms with E-state index in [0.717, 1.165) is 0 Å². The molecule has 0 aliphatic heterocycles. The molecule has 3 N–H and O–H groups in total. The molecule has 8 heteroatoms. The molecule has 0 saturated carbocycles. The van der Waals surface area contributed by atoms with E-state index in [1.165, 1.54) is 19.3 Å². The number of hydrogen-bond acceptors (Lipinski definition) is 4. The molecule has 0 fully saturated rings. The van der Waals surface area contributed by atoms with E-state index in [2.05, 4.69) is 4.98 Å². The van der Waals surface area contributed by atoms with Gasteiger partial charge in [-0.3, -0.25) is 19.1 Å². The number of hydrogen-bond donors (Lipinski definition) is 3. The van der Waals surface area contributed by atoms with E-state index in [1.807, 2.05) is 0 Å². The molecule has 1 heterocycles. The van der Waals surface area contributed by atoms with Crippen LogP contribution in [0.15, 0.2) is 24.5 Å². The highest BCUT2D eigenvalue weighted by Gasteiger charge is 2.34. The SMILES string of the molecule is CC(c1cccnc1)P(=O)(O)CC(CCC(=O)O)C(=O)O. The first kappa shape index (κ1) is 17.3. The zero-order valence-electron chi connectivity index (χ0n) is 11.5. The zero-order chi connectivity index (χ0) is 16.0. The van der Waals surface area contributed by atoms with Gasteiger partial charge in [-0.1, -0.05) is 6.07 Å². The quantitative estimate of drug-likeness (QED) is 0.626. The molecule has 0 spiro atoms. The van der Waals surface area contributed by atoms with E-state index >= 15 is 0 Å². The first-order valence-corrected chi connectivity index (χ1v) is 8.31. The highest BCUT2D eigenvalue weighted by Crippen LogP contribution is 2.56. The number of carboxylic acid groups (broad SMARTS) is 2. The monoisotopic (exact) mass is 315 g/mol. The number of aliphatic carboxylic acids is 2. The molecule has 1 aromatic heterocycles. The summed E-state index contributed by atoms with van der Waals surface area (Å²) in [5, 5.41) is 17.7. The van der Waals surface area contributed by atoms with Crippen LogP contribution >= 0.6 is 7.37 Å². The maximum absolute atomic E-state index is 12.4. The molecule has 0 radical (unpaired) electrons. The van der Waals surface area contributed by atoms with Crippen LogP contribution in [0.1, 0.15) is 31.0 Å². The molecule has 3 atom stereocenters. The third-order valence-corrected chi connectivity index (χ3v) is 5.78. The smallest absolute Gasteiger partial charge is 0.307 e. The fourth-order valence-corrected chi connectivity index (χ4v) is 3.83. The van der Waals surface area contributed by atoms with Gasteiger partial charge in [0.1, 0.15) is 0 Å². The fourth-order valence-electron chi connectivity index (χ4n) is 1.92. The Morgan fingerprint density at radius 3 is 2.52 bits per heavy atom. The van der Waals surface area contributed by atoms with Gasteiger partial charge in [0, 0.05) is 25.0 Å². The highest BCUT2D eigenvalue weighted by atomic mass is 31.2. The number of pyridine rings is 1. The molecule has 0 aromatic carbocycles. The largest absolute Gasteiger partial charge is 0.481 e. The Morgan fingerprint density at radius 2 is 2.05 bits per heavy atom. The minimum atomic E-state index is -3.79. The third kappa shape index (κ3) is 5.28. The van der Waals surface area contributed by atoms with Crippen LogP contribution in [0.25, 0.3) is 0 Å². The molecule has 0 amide bonds. The Morgan fingerprint density at radius 1 is 1.38 bits per heavy atom. The Hall–Kier alpha value is -1.72. The van der Waals surface area contributed by atoms with Crippen LogP contribution in [-0.2, 0) is 14.2 Å². The van der Waals surface area contributed by atoms with Crippen molar-refractivity contribution >= 4 is 19.3 Å². The lowest BCUT2D eigenvalue weighted by atomic mass is 10.1. The van der Waals surface area contributed by atoms with E-state index in [4.69, 9.17) is 10.2 Å². The molecular formula is C13H18NO6P. The lowest BCUT2D eigenvalue weighted by Gasteiger charge is -2.22. The molecule has 116 valence electrons. The van der Waals surface area contributed by atoms with Crippen LogP contribution in [0.2, 0.25) is 0 Å². The number of aromatic nitrogens is 1. The molecular weight excluding hydrogens is 297 g/mol. The maximum Gasteiger partial charge on any atom is 0.307 e. The van der Waals surface area contributed by atoms with Crippen LogP contribution in [0, 0.1) is 5.92 Å². The second-order valence-corrected chi connectivity index (χ2v) is 7.52. The molecule has 7 nitrogen and oxygen atoms in total. The molecule has 0 bridgehead atoms. The summed E-state index contributed by atoms with van der Waals surface area (Å²) in [4.78, 5) is 35.6. The predicted octanol–water partition coefficient (Wildman–Crippen LogP) is 1.98. The van der Waals surface area contributed by atoms with Gasteiger partial charge in [0.25, 0.3) is 0 Å². The third-order valence-electron chi connectivity index (χ3n) is 3.31. The van der Waals surface area contributed by atoms with Crippen molar-refractivity contribution in [2.75, 3.05) is 6.16 Å². The maximum atomic E-state index is 12.4. The van der Waals surface area contributed by atoms with Crippen LogP contribution in [-0.4, -0.2) is 38.2 Å². The van der Waals surface area contributed by atoms with E-state index in [0.29, 0.717) is 5.56 Å². The zero-order valence-corrected chi connectivity index (χ0v) is 12.4. The van der Waals surface area contributed by atoms with E-state index in [9.17, 15) is 19.0 Å². The van der Waals surface area contributed by atoms with Crippen LogP contribution in [0.5, 0.6) is 0 Å². The number of rotatable bonds is 8. The van der Waals surface area contributed by atoms with Crippen molar-refractivity contribution in [1.29, 1.82) is 0 Å². The summed E-state index contributed by atoms with van der Waals surface area (Å²) in [7, 11) is -3.79. The van der Waals surface area contributed by atoms with Crippen LogP contribution in [0.4, 0.5) is 0 Å². The first-order valence-electron chi connectivity index (χ1n) is 6.40. The van der Waals surface area contributed by atoms with E-state index < -0.39 is 37.0 Å². The number of carboxylic acids is 2. The van der Waals surface area contributed by atoms with E-state index in [1.54, 1.807) is 12.1 Å². The average Bonchev–Trinajstić information content (AvgIpc) is 2.43. The van der Waals surface area contributed by atoms with Crippen molar-refractivity contribution in [3.8, 4) is 0 Å². The Kier molecular flexibility index (Phi) is 6.05. The Labute approximate surface area is 122 Å². The number of nitrogens with zero attached hydrogens (tertiary/aromatic N) is 1. The summed E-state index contributed by atoms with van der Waals surface area (Å²) in [6, 6.07) is 3.28. The summed E-state index contributed by atoms with van der Waals surface area (Å²) in [5.41, 5.74) is -0.205. The predicted molar refractivity (Wildman–Crippen MR) is 75.3 cm³/mol. The molecule has 0 aliphatic carbocycles. The molecule has 3 unspecified atom stereocenters. The van der Waals surface area contributed by atoms with Crippen LogP contribution in [0.3, 0.4) is 0 Å². The van der Waals surface area contributed by atoms with Gasteiger partial charge in [0.15, 0.2) is 0 Å². The van der Waals surface area contributed by atoms with Gasteiger partial charge in [-0.05, 0) is 25.0 Å². The van der Waals surface area contributed by atoms with E-state index in [-0.39, 0.29) is 12.8 Å². The summed E-state index contributed by atoms with van der Waals surface area (Å²) in [6.07, 6.45) is 2.02. The van der Waals surface area contributed by atoms with Crippen molar-refractivity contribution in [3.05, 3.63) is 30.1 Å². The van der Waals surface area contributed by atoms with Crippen molar-refractivity contribution in [2.45, 2.75) is 25.4 Å². The second kappa shape index (κ2) is 7.33. The van der Waals surface area contributed by atoms with Crippen molar-refractivity contribution in [3.63, 3.8) is 0 Å². The minimum Gasteiger partial charge on any atom is -0.481 e. The summed E-state index contributed by atoms with van der Waals surface area (Å²) < 4.78 is 12.4. The summed E-state index contributed by atoms with van der Waals surface area (Å²) >= 11 is 0. The molecule has 1 aromatic rings. The Balaban J connectivity index is 2.83. The van der Waals surface area contributed by atoms with Crippen molar-refractivity contribution in [1.82, 2.24) is 4.98 Å². The van der Waals surface area contributed by atoms with Crippen molar-refractivity contribution in [2.24, 2.45) is 5.92 Å². The van der Waals surface area contributed by atoms with Gasteiger partial charge in [0.2, 0.25) is 7.37 Å². The summed E-state index contributed by atoms with van der Waals surface area (Å²) in [6.45, 7) is 1.54. The number of carbonyl (C=O) groups is 2. The molecule has 0 saturated heterocycles. The lowest BCUT2D eigenvalue weighted by molar-refractivity contribution is -0.142. The lowest BCUT2D eigenvalue weighted by Crippen LogP contribution is -2.20. The van der Waals surface area contributed by atoms with Crippen molar-refractivity contribution < 1.29 is 29.3 Å². The molecule has 1 rings (SSSR count). The topological polar surface area (TPSA) is 125 Å². The molecule has 0 aliphatic rings. The van der Waals surface area contributed by atoms with Gasteiger partial charge >= 0.3 is 11.9 Å². The van der Waals surface area contributed by atoms with Gasteiger partial charge in [-0.25, -0.2) is 0 Å². The average molecular weight is 315 g/mol. The highest BCUT2D eigenvalue weighted by molar-refractivity contribution is 7.58. The fraction of sp³-hybridized carbons (Fsp3) is 0.462. The second-order valence-electron chi connectivity index (χ2n) is 4.87. The Bertz CT molecular complexity index is 547. The normalized spacial score (nSPS) is 16.7.